The number of benzene rings is 1. The van der Waals surface area contributed by atoms with Gasteiger partial charge in [-0.05, 0) is 62.4 Å². The molecule has 0 atom stereocenters. The maximum Gasteiger partial charge on any atom is 0.415 e. The lowest BCUT2D eigenvalue weighted by atomic mass is 9.85. The third-order valence-electron chi connectivity index (χ3n) is 5.43. The zero-order chi connectivity index (χ0) is 20.4. The predicted octanol–water partition coefficient (Wildman–Crippen LogP) is 4.85. The number of hydrogen-bond donors (Lipinski definition) is 0. The van der Waals surface area contributed by atoms with Gasteiger partial charge in [-0.15, -0.1) is 0 Å². The van der Waals surface area contributed by atoms with Gasteiger partial charge >= 0.3 is 6.09 Å². The van der Waals surface area contributed by atoms with Crippen molar-refractivity contribution in [1.29, 1.82) is 0 Å². The molecular weight excluding hydrogens is 376 g/mol. The molecule has 0 bridgehead atoms. The largest absolute Gasteiger partial charge is 0.415 e. The van der Waals surface area contributed by atoms with Crippen LogP contribution in [0.4, 0.5) is 4.79 Å². The molecule has 0 saturated heterocycles. The molecular formula is C22H33ClN2O3. The molecule has 0 unspecified atom stereocenters. The van der Waals surface area contributed by atoms with Crippen LogP contribution in [0.25, 0.3) is 0 Å². The molecule has 0 aromatic heterocycles. The number of carbonyl (C=O) groups excluding carboxylic acids is 1. The predicted molar refractivity (Wildman–Crippen MR) is 114 cm³/mol. The number of methoxy groups -OCH3 is 1. The van der Waals surface area contributed by atoms with Gasteiger partial charge in [0.2, 0.25) is 0 Å². The number of rotatable bonds is 9. The van der Waals surface area contributed by atoms with Crippen LogP contribution >= 0.6 is 11.6 Å². The molecule has 5 nitrogen and oxygen atoms in total. The topological polar surface area (TPSA) is 42.0 Å². The van der Waals surface area contributed by atoms with Crippen molar-refractivity contribution in [2.24, 2.45) is 5.92 Å². The summed E-state index contributed by atoms with van der Waals surface area (Å²) in [5.41, 5.74) is 0. The molecule has 2 rings (SSSR count). The van der Waals surface area contributed by atoms with Gasteiger partial charge in [0.25, 0.3) is 0 Å². The molecule has 0 aliphatic heterocycles. The Labute approximate surface area is 174 Å². The van der Waals surface area contributed by atoms with Crippen molar-refractivity contribution in [3.8, 4) is 5.75 Å². The smallest absolute Gasteiger partial charge is 0.410 e. The number of halogens is 1. The van der Waals surface area contributed by atoms with Gasteiger partial charge in [0.15, 0.2) is 0 Å². The zero-order valence-electron chi connectivity index (χ0n) is 17.3. The lowest BCUT2D eigenvalue weighted by molar-refractivity contribution is 0.128. The SMILES string of the molecule is CCN(CC=C[C@H]1CC[C@H](N(C)C(=O)Oc2ccc(Cl)cc2)CC1)CCOC. The molecule has 0 N–H and O–H groups in total. The average molecular weight is 409 g/mol. The number of nitrogens with zero attached hydrogens (tertiary/aromatic N) is 2. The maximum atomic E-state index is 12.4. The van der Waals surface area contributed by atoms with E-state index >= 15 is 0 Å². The molecule has 28 heavy (non-hydrogen) atoms. The van der Waals surface area contributed by atoms with Gasteiger partial charge in [-0.2, -0.15) is 0 Å². The van der Waals surface area contributed by atoms with E-state index in [1.165, 1.54) is 0 Å². The molecule has 6 heteroatoms. The molecule has 1 aliphatic rings. The van der Waals surface area contributed by atoms with Crippen molar-refractivity contribution >= 4 is 17.7 Å². The first-order valence-electron chi connectivity index (χ1n) is 10.1. The van der Waals surface area contributed by atoms with Crippen molar-refractivity contribution < 1.29 is 14.3 Å². The Kier molecular flexibility index (Phi) is 9.82. The quantitative estimate of drug-likeness (QED) is 0.547. The van der Waals surface area contributed by atoms with Crippen LogP contribution in [0.3, 0.4) is 0 Å². The minimum Gasteiger partial charge on any atom is -0.410 e. The summed E-state index contributed by atoms with van der Waals surface area (Å²) in [6.45, 7) is 5.90. The third-order valence-corrected chi connectivity index (χ3v) is 5.68. The van der Waals surface area contributed by atoms with E-state index in [2.05, 4.69) is 24.0 Å². The summed E-state index contributed by atoms with van der Waals surface area (Å²) < 4.78 is 10.6. The Morgan fingerprint density at radius 1 is 1.21 bits per heavy atom. The fraction of sp³-hybridized carbons (Fsp3) is 0.591. The number of amides is 1. The van der Waals surface area contributed by atoms with Crippen molar-refractivity contribution in [2.45, 2.75) is 38.6 Å². The highest BCUT2D eigenvalue weighted by molar-refractivity contribution is 6.30. The Hall–Kier alpha value is -1.56. The molecule has 0 heterocycles. The first-order valence-corrected chi connectivity index (χ1v) is 10.5. The molecule has 1 aromatic carbocycles. The third kappa shape index (κ3) is 7.46. The molecule has 156 valence electrons. The fourth-order valence-corrected chi connectivity index (χ4v) is 3.63. The van der Waals surface area contributed by atoms with Crippen LogP contribution in [0.2, 0.25) is 5.02 Å². The van der Waals surface area contributed by atoms with Crippen molar-refractivity contribution in [3.05, 3.63) is 41.4 Å². The first kappa shape index (κ1) is 22.7. The van der Waals surface area contributed by atoms with Gasteiger partial charge in [-0.3, -0.25) is 4.90 Å². The standard InChI is InChI=1S/C22H33ClN2O3/c1-4-25(16-17-27-3)15-5-6-18-7-11-20(12-8-18)24(2)22(26)28-21-13-9-19(23)10-14-21/h5-6,9-10,13-14,18,20H,4,7-8,11-12,15-17H2,1-3H3/t18-,20-. The van der Waals surface area contributed by atoms with Gasteiger partial charge in [0.1, 0.15) is 5.75 Å². The van der Waals surface area contributed by atoms with Gasteiger partial charge in [0, 0.05) is 38.3 Å². The number of likely N-dealkylation sites (N-methyl/N-ethyl adjacent to an activating group) is 1. The second-order valence-electron chi connectivity index (χ2n) is 7.32. The average Bonchev–Trinajstić information content (AvgIpc) is 2.72. The molecule has 1 saturated carbocycles. The lowest BCUT2D eigenvalue weighted by Gasteiger charge is -2.33. The zero-order valence-corrected chi connectivity index (χ0v) is 18.0. The highest BCUT2D eigenvalue weighted by Gasteiger charge is 2.26. The summed E-state index contributed by atoms with van der Waals surface area (Å²) in [6, 6.07) is 7.09. The molecule has 0 radical (unpaired) electrons. The molecule has 1 aromatic rings. The highest BCUT2D eigenvalue weighted by Crippen LogP contribution is 2.28. The van der Waals surface area contributed by atoms with Crippen molar-refractivity contribution in [3.63, 3.8) is 0 Å². The van der Waals surface area contributed by atoms with E-state index in [0.717, 1.165) is 51.9 Å². The summed E-state index contributed by atoms with van der Waals surface area (Å²) in [7, 11) is 3.57. The molecule has 0 spiro atoms. The monoisotopic (exact) mass is 408 g/mol. The summed E-state index contributed by atoms with van der Waals surface area (Å²) in [5.74, 6) is 1.12. The Morgan fingerprint density at radius 3 is 2.50 bits per heavy atom. The lowest BCUT2D eigenvalue weighted by Crippen LogP contribution is -2.40. The number of allylic oxidation sites excluding steroid dienone is 1. The van der Waals surface area contributed by atoms with Crippen LogP contribution in [-0.4, -0.2) is 62.3 Å². The molecule has 1 aliphatic carbocycles. The van der Waals surface area contributed by atoms with Gasteiger partial charge in [0.05, 0.1) is 6.61 Å². The van der Waals surface area contributed by atoms with Crippen LogP contribution in [0.1, 0.15) is 32.6 Å². The van der Waals surface area contributed by atoms with E-state index in [1.807, 2.05) is 7.05 Å². The normalized spacial score (nSPS) is 19.9. The number of carbonyl (C=O) groups is 1. The Balaban J connectivity index is 1.73. The summed E-state index contributed by atoms with van der Waals surface area (Å²) in [6.07, 6.45) is 8.52. The Morgan fingerprint density at radius 2 is 1.89 bits per heavy atom. The van der Waals surface area contributed by atoms with E-state index in [-0.39, 0.29) is 12.1 Å². The van der Waals surface area contributed by atoms with Crippen LogP contribution < -0.4 is 4.74 Å². The Bertz CT molecular complexity index is 613. The van der Waals surface area contributed by atoms with Gasteiger partial charge in [-0.25, -0.2) is 4.79 Å². The second-order valence-corrected chi connectivity index (χ2v) is 7.75. The van der Waals surface area contributed by atoms with E-state index < -0.39 is 0 Å². The van der Waals surface area contributed by atoms with E-state index in [4.69, 9.17) is 21.1 Å². The summed E-state index contributed by atoms with van der Waals surface area (Å²) in [5, 5.41) is 0.625. The highest BCUT2D eigenvalue weighted by atomic mass is 35.5. The maximum absolute atomic E-state index is 12.4. The van der Waals surface area contributed by atoms with Crippen LogP contribution in [0.15, 0.2) is 36.4 Å². The van der Waals surface area contributed by atoms with E-state index in [9.17, 15) is 4.79 Å². The fourth-order valence-electron chi connectivity index (χ4n) is 3.51. The molecule has 1 fully saturated rings. The first-order chi connectivity index (χ1) is 13.5. The van der Waals surface area contributed by atoms with Gasteiger partial charge in [-0.1, -0.05) is 30.7 Å². The van der Waals surface area contributed by atoms with Crippen LogP contribution in [-0.2, 0) is 4.74 Å². The van der Waals surface area contributed by atoms with Gasteiger partial charge < -0.3 is 14.4 Å². The summed E-state index contributed by atoms with van der Waals surface area (Å²) >= 11 is 5.87. The van der Waals surface area contributed by atoms with Crippen molar-refractivity contribution in [1.82, 2.24) is 9.80 Å². The van der Waals surface area contributed by atoms with Crippen LogP contribution in [0.5, 0.6) is 5.75 Å². The second kappa shape index (κ2) is 12.1. The minimum atomic E-state index is -0.307. The van der Waals surface area contributed by atoms with E-state index in [1.54, 1.807) is 36.3 Å². The number of hydrogen-bond acceptors (Lipinski definition) is 4. The minimum absolute atomic E-state index is 0.235. The van der Waals surface area contributed by atoms with E-state index in [0.29, 0.717) is 16.7 Å². The molecule has 1 amide bonds. The van der Waals surface area contributed by atoms with Crippen molar-refractivity contribution in [2.75, 3.05) is 40.4 Å². The van der Waals surface area contributed by atoms with Crippen LogP contribution in [0, 0.1) is 5.92 Å². The summed E-state index contributed by atoms with van der Waals surface area (Å²) in [4.78, 5) is 16.5. The number of ether oxygens (including phenoxy) is 2.